The molecular weight excluding hydrogens is 328 g/mol. The second-order valence-corrected chi connectivity index (χ2v) is 10.2. The third-order valence-corrected chi connectivity index (χ3v) is 6.02. The molecule has 0 N–H and O–H groups in total. The van der Waals surface area contributed by atoms with Crippen LogP contribution < -0.4 is 0 Å². The fourth-order valence-corrected chi connectivity index (χ4v) is 4.29. The molecule has 0 spiro atoms. The van der Waals surface area contributed by atoms with Gasteiger partial charge in [-0.1, -0.05) is 41.5 Å². The highest BCUT2D eigenvalue weighted by Gasteiger charge is 2.43. The molecule has 0 unspecified atom stereocenters. The summed E-state index contributed by atoms with van der Waals surface area (Å²) < 4.78 is 11.8. The first-order chi connectivity index (χ1) is 12.1. The Morgan fingerprint density at radius 3 is 1.50 bits per heavy atom. The summed E-state index contributed by atoms with van der Waals surface area (Å²) in [6.45, 7) is 19.2. The number of hydrogen-bond donors (Lipinski definition) is 0. The maximum atomic E-state index is 5.92. The molecule has 2 atom stereocenters. The second-order valence-electron chi connectivity index (χ2n) is 10.2. The van der Waals surface area contributed by atoms with E-state index >= 15 is 0 Å². The van der Waals surface area contributed by atoms with E-state index in [1.165, 1.54) is 0 Å². The van der Waals surface area contributed by atoms with Gasteiger partial charge in [0.2, 0.25) is 11.8 Å². The normalized spacial score (nSPS) is 28.1. The van der Waals surface area contributed by atoms with Crippen molar-refractivity contribution in [2.45, 2.75) is 53.6 Å². The molecule has 2 saturated heterocycles. The third kappa shape index (κ3) is 3.08. The van der Waals surface area contributed by atoms with Crippen LogP contribution in [0.1, 0.15) is 41.5 Å². The Balaban J connectivity index is 1.31. The molecule has 146 valence electrons. The van der Waals surface area contributed by atoms with E-state index in [0.717, 1.165) is 51.4 Å². The highest BCUT2D eigenvalue weighted by atomic mass is 16.5. The first-order valence-corrected chi connectivity index (χ1v) is 9.83. The second kappa shape index (κ2) is 5.89. The van der Waals surface area contributed by atoms with Crippen molar-refractivity contribution in [1.29, 1.82) is 0 Å². The minimum atomic E-state index is 0.231. The number of fused-ring (bicyclic) bond motifs is 2. The Morgan fingerprint density at radius 2 is 1.15 bits per heavy atom. The van der Waals surface area contributed by atoms with Gasteiger partial charge in [0.1, 0.15) is 13.2 Å². The van der Waals surface area contributed by atoms with Gasteiger partial charge in [0.05, 0.1) is 37.8 Å². The van der Waals surface area contributed by atoms with Gasteiger partial charge in [-0.2, -0.15) is 0 Å². The van der Waals surface area contributed by atoms with Gasteiger partial charge in [-0.3, -0.25) is 0 Å². The van der Waals surface area contributed by atoms with Crippen LogP contribution in [0.5, 0.6) is 0 Å². The summed E-state index contributed by atoms with van der Waals surface area (Å²) in [5.41, 5.74) is 0.462. The molecule has 26 heavy (non-hydrogen) atoms. The van der Waals surface area contributed by atoms with Crippen LogP contribution in [-0.4, -0.2) is 71.3 Å². The van der Waals surface area contributed by atoms with Crippen LogP contribution in [0.3, 0.4) is 0 Å². The maximum Gasteiger partial charge on any atom is 0.207 e. The average molecular weight is 363 g/mol. The lowest BCUT2D eigenvalue weighted by Gasteiger charge is -2.34. The van der Waals surface area contributed by atoms with Gasteiger partial charge in [0, 0.05) is 13.1 Å². The molecule has 0 aromatic carbocycles. The largest absolute Gasteiger partial charge is 0.476 e. The molecule has 0 aliphatic carbocycles. The SMILES string of the molecule is CC(C)(C)[C@H]1COC2=CN(CCN3C=C4OC[C@H](C(C)(C)C)N4C3)CN21. The van der Waals surface area contributed by atoms with Crippen molar-refractivity contribution in [2.24, 2.45) is 10.8 Å². The minimum Gasteiger partial charge on any atom is -0.476 e. The molecule has 4 aliphatic heterocycles. The van der Waals surface area contributed by atoms with Crippen LogP contribution >= 0.6 is 0 Å². The van der Waals surface area contributed by atoms with E-state index in [4.69, 9.17) is 9.47 Å². The van der Waals surface area contributed by atoms with Crippen molar-refractivity contribution in [3.8, 4) is 0 Å². The van der Waals surface area contributed by atoms with Crippen LogP contribution in [0.4, 0.5) is 0 Å². The van der Waals surface area contributed by atoms with Gasteiger partial charge in [-0.15, -0.1) is 0 Å². The van der Waals surface area contributed by atoms with E-state index < -0.39 is 0 Å². The first kappa shape index (κ1) is 17.7. The molecule has 4 aliphatic rings. The Hall–Kier alpha value is -1.72. The first-order valence-electron chi connectivity index (χ1n) is 9.83. The lowest BCUT2D eigenvalue weighted by molar-refractivity contribution is 0.122. The fourth-order valence-electron chi connectivity index (χ4n) is 4.29. The molecule has 0 amide bonds. The number of ether oxygens (including phenoxy) is 2. The Kier molecular flexibility index (Phi) is 4.01. The van der Waals surface area contributed by atoms with Gasteiger partial charge < -0.3 is 29.1 Å². The third-order valence-electron chi connectivity index (χ3n) is 6.02. The molecule has 0 radical (unpaired) electrons. The summed E-state index contributed by atoms with van der Waals surface area (Å²) in [6, 6.07) is 0.915. The Morgan fingerprint density at radius 1 is 0.769 bits per heavy atom. The molecular formula is C20H34N4O2. The van der Waals surface area contributed by atoms with Crippen molar-refractivity contribution < 1.29 is 9.47 Å². The van der Waals surface area contributed by atoms with E-state index in [1.54, 1.807) is 0 Å². The zero-order chi connectivity index (χ0) is 18.7. The smallest absolute Gasteiger partial charge is 0.207 e. The molecule has 6 heteroatoms. The minimum absolute atomic E-state index is 0.231. The summed E-state index contributed by atoms with van der Waals surface area (Å²) in [7, 11) is 0. The zero-order valence-corrected chi connectivity index (χ0v) is 17.2. The van der Waals surface area contributed by atoms with Gasteiger partial charge >= 0.3 is 0 Å². The number of hydrogen-bond acceptors (Lipinski definition) is 6. The average Bonchev–Trinajstić information content (AvgIpc) is 3.21. The quantitative estimate of drug-likeness (QED) is 0.767. The van der Waals surface area contributed by atoms with Crippen LogP contribution in [0.15, 0.2) is 24.2 Å². The maximum absolute atomic E-state index is 5.92. The van der Waals surface area contributed by atoms with E-state index in [-0.39, 0.29) is 10.8 Å². The number of nitrogens with zero attached hydrogens (tertiary/aromatic N) is 4. The van der Waals surface area contributed by atoms with Crippen LogP contribution in [0.2, 0.25) is 0 Å². The van der Waals surface area contributed by atoms with Crippen molar-refractivity contribution in [3.05, 3.63) is 24.2 Å². The fraction of sp³-hybridized carbons (Fsp3) is 0.800. The highest BCUT2D eigenvalue weighted by molar-refractivity contribution is 5.10. The monoisotopic (exact) mass is 362 g/mol. The van der Waals surface area contributed by atoms with Crippen molar-refractivity contribution in [3.63, 3.8) is 0 Å². The molecule has 4 heterocycles. The Bertz CT molecular complexity index is 562. The van der Waals surface area contributed by atoms with Crippen molar-refractivity contribution in [1.82, 2.24) is 19.6 Å². The van der Waals surface area contributed by atoms with E-state index in [9.17, 15) is 0 Å². The zero-order valence-electron chi connectivity index (χ0n) is 17.2. The molecule has 4 rings (SSSR count). The molecule has 0 bridgehead atoms. The lowest BCUT2D eigenvalue weighted by Crippen LogP contribution is -2.44. The lowest BCUT2D eigenvalue weighted by atomic mass is 9.87. The molecule has 0 aromatic rings. The van der Waals surface area contributed by atoms with E-state index in [2.05, 4.69) is 73.5 Å². The highest BCUT2D eigenvalue weighted by Crippen LogP contribution is 2.37. The van der Waals surface area contributed by atoms with Crippen LogP contribution in [0.25, 0.3) is 0 Å². The Labute approximate surface area is 158 Å². The predicted molar refractivity (Wildman–Crippen MR) is 101 cm³/mol. The molecule has 0 saturated carbocycles. The number of rotatable bonds is 3. The van der Waals surface area contributed by atoms with Gasteiger partial charge in [0.15, 0.2) is 0 Å². The molecule has 0 aromatic heterocycles. The summed E-state index contributed by atoms with van der Waals surface area (Å²) in [5.74, 6) is 2.09. The van der Waals surface area contributed by atoms with E-state index in [0.29, 0.717) is 12.1 Å². The molecule has 2 fully saturated rings. The van der Waals surface area contributed by atoms with Gasteiger partial charge in [-0.05, 0) is 10.8 Å². The van der Waals surface area contributed by atoms with Crippen molar-refractivity contribution in [2.75, 3.05) is 39.6 Å². The summed E-state index contributed by atoms with van der Waals surface area (Å²) in [4.78, 5) is 9.58. The standard InChI is InChI=1S/C20H34N4O2/c1-19(2,3)15-11-25-17-9-21(13-23(15)17)7-8-22-10-18-24(14-22)16(12-26-18)20(4,5)6/h9-10,15-16H,7-8,11-14H2,1-6H3/t15-,16-/m1/s1. The molecule has 6 nitrogen and oxygen atoms in total. The van der Waals surface area contributed by atoms with Gasteiger partial charge in [-0.25, -0.2) is 0 Å². The van der Waals surface area contributed by atoms with Crippen LogP contribution in [0, 0.1) is 10.8 Å². The van der Waals surface area contributed by atoms with Crippen molar-refractivity contribution >= 4 is 0 Å². The van der Waals surface area contributed by atoms with Crippen LogP contribution in [-0.2, 0) is 9.47 Å². The topological polar surface area (TPSA) is 31.4 Å². The summed E-state index contributed by atoms with van der Waals surface area (Å²) in [5, 5.41) is 0. The summed E-state index contributed by atoms with van der Waals surface area (Å²) in [6.07, 6.45) is 4.37. The summed E-state index contributed by atoms with van der Waals surface area (Å²) >= 11 is 0. The van der Waals surface area contributed by atoms with Gasteiger partial charge in [0.25, 0.3) is 0 Å². The predicted octanol–water partition coefficient (Wildman–Crippen LogP) is 2.62. The van der Waals surface area contributed by atoms with E-state index in [1.807, 2.05) is 0 Å².